The molecule has 15 nitrogen and oxygen atoms in total. The van der Waals surface area contributed by atoms with Gasteiger partial charge >= 0.3 is 7.82 Å². The van der Waals surface area contributed by atoms with Crippen LogP contribution in [0.4, 0.5) is 5.95 Å². The Kier molecular flexibility index (Phi) is 14.6. The van der Waals surface area contributed by atoms with E-state index in [9.17, 15) is 19.6 Å². The molecule has 0 amide bonds. The largest absolute Gasteiger partial charge is 0.469 e. The number of hydrogen-bond acceptors (Lipinski definition) is 11. The maximum absolute atomic E-state index is 11.7. The van der Waals surface area contributed by atoms with Crippen LogP contribution >= 0.6 is 7.82 Å². The van der Waals surface area contributed by atoms with Crippen LogP contribution in [0.2, 0.25) is 0 Å². The Morgan fingerprint density at radius 3 is 1.95 bits per heavy atom. The fraction of sp³-hybridized carbons (Fsp3) is 0.773. The van der Waals surface area contributed by atoms with Gasteiger partial charge < -0.3 is 40.3 Å². The van der Waals surface area contributed by atoms with E-state index in [2.05, 4.69) is 70.8 Å². The molecule has 38 heavy (non-hydrogen) atoms. The number of aliphatic hydroxyl groups is 2. The molecule has 0 aromatic carbocycles. The van der Waals surface area contributed by atoms with E-state index in [0.29, 0.717) is 0 Å². The molecule has 0 bridgehead atoms. The van der Waals surface area contributed by atoms with Crippen molar-refractivity contribution in [3.05, 3.63) is 16.7 Å². The zero-order valence-corrected chi connectivity index (χ0v) is 23.9. The topological polar surface area (TPSA) is 213 Å². The zero-order valence-electron chi connectivity index (χ0n) is 23.0. The summed E-state index contributed by atoms with van der Waals surface area (Å²) in [5, 5.41) is 20.1. The summed E-state index contributed by atoms with van der Waals surface area (Å²) >= 11 is 0. The van der Waals surface area contributed by atoms with Crippen LogP contribution in [-0.2, 0) is 13.8 Å². The first-order chi connectivity index (χ1) is 17.9. The highest BCUT2D eigenvalue weighted by molar-refractivity contribution is 7.46. The molecule has 0 radical (unpaired) electrons. The van der Waals surface area contributed by atoms with Crippen molar-refractivity contribution in [3.63, 3.8) is 0 Å². The number of aliphatic hydroxyl groups excluding tert-OH is 2. The van der Waals surface area contributed by atoms with Gasteiger partial charge in [0.1, 0.15) is 18.3 Å². The maximum atomic E-state index is 11.7. The Bertz CT molecular complexity index is 1030. The molecule has 4 atom stereocenters. The highest BCUT2D eigenvalue weighted by Crippen LogP contribution is 2.38. The van der Waals surface area contributed by atoms with Gasteiger partial charge in [0, 0.05) is 0 Å². The number of aromatic amines is 1. The fourth-order valence-electron chi connectivity index (χ4n) is 3.74. The number of H-pyrrole nitrogens is 1. The molecular formula is C22H44N7O8P. The molecule has 2 aromatic rings. The van der Waals surface area contributed by atoms with Crippen LogP contribution in [0.25, 0.3) is 11.2 Å². The summed E-state index contributed by atoms with van der Waals surface area (Å²) in [5.41, 5.74) is 4.84. The highest BCUT2D eigenvalue weighted by atomic mass is 31.2. The molecule has 3 rings (SSSR count). The number of rotatable bonds is 10. The molecule has 2 aromatic heterocycles. The monoisotopic (exact) mass is 565 g/mol. The van der Waals surface area contributed by atoms with Gasteiger partial charge in [-0.3, -0.25) is 18.9 Å². The number of ether oxygens (including phenoxy) is 1. The zero-order chi connectivity index (χ0) is 29.0. The van der Waals surface area contributed by atoms with Gasteiger partial charge in [0.2, 0.25) is 5.95 Å². The number of imidazole rings is 1. The molecule has 0 aliphatic carbocycles. The number of nitrogens with zero attached hydrogens (tertiary/aromatic N) is 5. The van der Waals surface area contributed by atoms with Crippen molar-refractivity contribution < 1.29 is 33.8 Å². The Morgan fingerprint density at radius 2 is 1.53 bits per heavy atom. The summed E-state index contributed by atoms with van der Waals surface area (Å²) in [5.74, 6) is -0.177. The number of phosphoric ester groups is 1. The minimum Gasteiger partial charge on any atom is -0.387 e. The molecule has 1 aliphatic heterocycles. The lowest BCUT2D eigenvalue weighted by molar-refractivity contribution is -0.0503. The molecule has 3 heterocycles. The van der Waals surface area contributed by atoms with E-state index >= 15 is 0 Å². The first kappa shape index (κ1) is 34.1. The van der Waals surface area contributed by atoms with E-state index in [1.54, 1.807) is 0 Å². The number of fused-ring (bicyclic) bond motifs is 1. The molecule has 0 unspecified atom stereocenters. The molecular weight excluding hydrogens is 521 g/mol. The summed E-state index contributed by atoms with van der Waals surface area (Å²) in [6.45, 7) is 19.6. The predicted molar refractivity (Wildman–Crippen MR) is 143 cm³/mol. The van der Waals surface area contributed by atoms with Crippen LogP contribution in [-0.4, -0.2) is 114 Å². The first-order valence-corrected chi connectivity index (χ1v) is 14.3. The van der Waals surface area contributed by atoms with Crippen molar-refractivity contribution in [2.75, 3.05) is 51.6 Å². The lowest BCUT2D eigenvalue weighted by atomic mass is 10.1. The average Bonchev–Trinajstić information content (AvgIpc) is 3.41. The second-order valence-electron chi connectivity index (χ2n) is 8.35. The molecule has 16 heteroatoms. The maximum Gasteiger partial charge on any atom is 0.469 e. The normalized spacial score (nSPS) is 21.4. The number of hydrogen-bond donors (Lipinski definition) is 6. The lowest BCUT2D eigenvalue weighted by Gasteiger charge is -2.16. The van der Waals surface area contributed by atoms with Crippen LogP contribution in [0.1, 0.15) is 47.8 Å². The fourth-order valence-corrected chi connectivity index (χ4v) is 4.08. The van der Waals surface area contributed by atoms with Gasteiger partial charge in [0.15, 0.2) is 17.4 Å². The van der Waals surface area contributed by atoms with E-state index in [4.69, 9.17) is 20.3 Å². The van der Waals surface area contributed by atoms with Crippen LogP contribution in [0.3, 0.4) is 0 Å². The first-order valence-electron chi connectivity index (χ1n) is 12.8. The SMILES string of the molecule is CCN(CC)CC.CCN(CC)CC.Nc1nc2c(ncn2[C@@H]2O[C@H](COP(=O)(O)O)[C@@H](O)[C@H]2O)c(=O)[nH]1. The van der Waals surface area contributed by atoms with Gasteiger partial charge in [-0.25, -0.2) is 9.55 Å². The standard InChI is InChI=1S/C10H14N5O8P.2C6H15N/c11-10-13-7-4(8(18)14-10)12-2-15(7)9-6(17)5(16)3(23-9)1-22-24(19,20)21;2*1-4-7(5-2)6-3/h2-3,5-6,9,16-17H,1H2,(H2,19,20,21)(H3,11,13,14,18);2*4-6H2,1-3H3/t3-,5-,6-,9-;;/m1../s1. The summed E-state index contributed by atoms with van der Waals surface area (Å²) in [6.07, 6.45) is -4.22. The molecule has 7 N–H and O–H groups in total. The van der Waals surface area contributed by atoms with Crippen molar-refractivity contribution >= 4 is 24.9 Å². The number of aromatic nitrogens is 4. The van der Waals surface area contributed by atoms with Gasteiger partial charge in [-0.15, -0.1) is 0 Å². The molecule has 0 spiro atoms. The van der Waals surface area contributed by atoms with E-state index in [1.807, 2.05) is 0 Å². The van der Waals surface area contributed by atoms with Crippen molar-refractivity contribution in [1.82, 2.24) is 29.3 Å². The van der Waals surface area contributed by atoms with Gasteiger partial charge in [0.25, 0.3) is 5.56 Å². The Balaban J connectivity index is 0.000000426. The Labute approximate surface area is 222 Å². The molecule has 0 saturated carbocycles. The second kappa shape index (κ2) is 16.2. The number of phosphoric acid groups is 1. The highest BCUT2D eigenvalue weighted by Gasteiger charge is 2.45. The number of nitrogens with two attached hydrogens (primary N) is 1. The molecule has 1 fully saturated rings. The quantitative estimate of drug-likeness (QED) is 0.212. The molecule has 220 valence electrons. The van der Waals surface area contributed by atoms with Crippen molar-refractivity contribution in [2.45, 2.75) is 66.1 Å². The van der Waals surface area contributed by atoms with E-state index < -0.39 is 44.5 Å². The van der Waals surface area contributed by atoms with E-state index in [0.717, 1.165) is 0 Å². The van der Waals surface area contributed by atoms with Gasteiger partial charge in [-0.2, -0.15) is 4.98 Å². The summed E-state index contributed by atoms with van der Waals surface area (Å²) in [4.78, 5) is 43.9. The molecule has 1 saturated heterocycles. The van der Waals surface area contributed by atoms with E-state index in [-0.39, 0.29) is 17.1 Å². The Hall–Kier alpha value is -1.94. The average molecular weight is 566 g/mol. The number of nitrogen functional groups attached to an aromatic ring is 1. The van der Waals surface area contributed by atoms with E-state index in [1.165, 1.54) is 50.2 Å². The van der Waals surface area contributed by atoms with Crippen LogP contribution in [0.5, 0.6) is 0 Å². The van der Waals surface area contributed by atoms with Crippen LogP contribution in [0.15, 0.2) is 11.1 Å². The lowest BCUT2D eigenvalue weighted by Crippen LogP contribution is -2.33. The summed E-state index contributed by atoms with van der Waals surface area (Å²) in [6, 6.07) is 0. The van der Waals surface area contributed by atoms with Crippen LogP contribution in [0, 0.1) is 0 Å². The third-order valence-electron chi connectivity index (χ3n) is 6.15. The van der Waals surface area contributed by atoms with Gasteiger partial charge in [0.05, 0.1) is 12.9 Å². The number of nitrogens with one attached hydrogen (secondary N) is 1. The van der Waals surface area contributed by atoms with Crippen LogP contribution < -0.4 is 11.3 Å². The minimum atomic E-state index is -4.76. The number of anilines is 1. The van der Waals surface area contributed by atoms with Crippen molar-refractivity contribution in [3.8, 4) is 0 Å². The second-order valence-corrected chi connectivity index (χ2v) is 9.59. The van der Waals surface area contributed by atoms with Gasteiger partial charge in [-0.05, 0) is 39.3 Å². The molecule has 1 aliphatic rings. The smallest absolute Gasteiger partial charge is 0.387 e. The Morgan fingerprint density at radius 1 is 1.03 bits per heavy atom. The minimum absolute atomic E-state index is 0.0176. The summed E-state index contributed by atoms with van der Waals surface area (Å²) < 4.78 is 21.6. The third-order valence-corrected chi connectivity index (χ3v) is 6.64. The van der Waals surface area contributed by atoms with Gasteiger partial charge in [-0.1, -0.05) is 41.5 Å². The third kappa shape index (κ3) is 9.98. The van der Waals surface area contributed by atoms with Crippen molar-refractivity contribution in [2.24, 2.45) is 0 Å². The predicted octanol–water partition coefficient (Wildman–Crippen LogP) is 0.127. The van der Waals surface area contributed by atoms with Crippen molar-refractivity contribution in [1.29, 1.82) is 0 Å². The summed E-state index contributed by atoms with van der Waals surface area (Å²) in [7, 11) is -4.76.